The Bertz CT molecular complexity index is 1190. The van der Waals surface area contributed by atoms with Crippen LogP contribution in [-0.4, -0.2) is 46.1 Å². The van der Waals surface area contributed by atoms with Crippen molar-refractivity contribution in [1.29, 1.82) is 0 Å². The fourth-order valence-electron chi connectivity index (χ4n) is 5.10. The molecule has 0 aromatic rings. The second-order valence-electron chi connectivity index (χ2n) is 13.6. The molecule has 1 aliphatic rings. The molecule has 0 radical (unpaired) electrons. The van der Waals surface area contributed by atoms with Crippen molar-refractivity contribution in [2.45, 2.75) is 98.9 Å². The smallest absolute Gasteiger partial charge is 0.331 e. The molecule has 1 rings (SSSR count). The van der Waals surface area contributed by atoms with E-state index in [2.05, 4.69) is 49.7 Å². The van der Waals surface area contributed by atoms with Crippen LogP contribution in [0.3, 0.4) is 0 Å². The summed E-state index contributed by atoms with van der Waals surface area (Å²) in [6.45, 7) is 20.0. The minimum atomic E-state index is -0.821. The summed E-state index contributed by atoms with van der Waals surface area (Å²) < 4.78 is 5.20. The van der Waals surface area contributed by atoms with Crippen LogP contribution in [0.25, 0.3) is 0 Å². The maximum absolute atomic E-state index is 13.2. The molecule has 7 atom stereocenters. The molecule has 0 spiro atoms. The van der Waals surface area contributed by atoms with E-state index in [1.165, 1.54) is 6.08 Å². The van der Waals surface area contributed by atoms with Crippen LogP contribution >= 0.6 is 25.3 Å². The number of hydrogen-bond acceptors (Lipinski definition) is 7. The number of carbonyl (C=O) groups is 3. The van der Waals surface area contributed by atoms with Crippen LogP contribution < -0.4 is 5.32 Å². The number of ether oxygens (including phenoxy) is 1. The van der Waals surface area contributed by atoms with Crippen LogP contribution in [0.4, 0.5) is 0 Å². The van der Waals surface area contributed by atoms with E-state index in [9.17, 15) is 19.5 Å². The molecular weight excluding hydrogens is 603 g/mol. The fraction of sp³-hybridized carbons (Fsp3) is 0.595. The largest absolute Gasteiger partial charge is 0.454 e. The standard InChI is InChI=1S/C37H57NO5S2/c1-23(18-25(3)14-16-31-27(5)15-17-33(40)43-31)12-11-13-24(2)19-28(6)34(41)30(8)35(42)29(7)20-26(4)21-32(39)38-22-37(9,10)36(44)45/h11,13-19,21,23,27-31,35-36,42,44-45H,12,20,22H2,1-10H3,(H,38,39)/b13-11+,16-14+,24-19+,25-18-,26-21+/t23?,27-,28?,29?,30?,31-,35?/m0/s1. The maximum atomic E-state index is 13.2. The molecule has 5 unspecified atom stereocenters. The van der Waals surface area contributed by atoms with E-state index in [-0.39, 0.29) is 51.5 Å². The summed E-state index contributed by atoms with van der Waals surface area (Å²) in [4.78, 5) is 37.1. The molecule has 0 fully saturated rings. The highest BCUT2D eigenvalue weighted by Crippen LogP contribution is 2.27. The number of cyclic esters (lactones) is 1. The third-order valence-electron chi connectivity index (χ3n) is 8.24. The van der Waals surface area contributed by atoms with Crippen molar-refractivity contribution in [3.63, 3.8) is 0 Å². The lowest BCUT2D eigenvalue weighted by Crippen LogP contribution is -2.37. The van der Waals surface area contributed by atoms with Crippen molar-refractivity contribution in [2.75, 3.05) is 6.54 Å². The first-order valence-corrected chi connectivity index (χ1v) is 17.0. The van der Waals surface area contributed by atoms with Crippen LogP contribution in [0.5, 0.6) is 0 Å². The van der Waals surface area contributed by atoms with Gasteiger partial charge in [-0.15, -0.1) is 0 Å². The van der Waals surface area contributed by atoms with Gasteiger partial charge in [0.1, 0.15) is 11.9 Å². The Kier molecular flexibility index (Phi) is 17.6. The monoisotopic (exact) mass is 659 g/mol. The number of rotatable bonds is 17. The van der Waals surface area contributed by atoms with Gasteiger partial charge in [-0.2, -0.15) is 25.3 Å². The third-order valence-corrected chi connectivity index (χ3v) is 9.63. The van der Waals surface area contributed by atoms with E-state index in [4.69, 9.17) is 4.74 Å². The van der Waals surface area contributed by atoms with Gasteiger partial charge in [0.2, 0.25) is 5.91 Å². The highest BCUT2D eigenvalue weighted by atomic mass is 32.2. The van der Waals surface area contributed by atoms with Gasteiger partial charge in [0.15, 0.2) is 0 Å². The highest BCUT2D eigenvalue weighted by molar-refractivity contribution is 7.99. The summed E-state index contributed by atoms with van der Waals surface area (Å²) in [5.74, 6) is -1.10. The first kappa shape index (κ1) is 40.7. The molecule has 8 heteroatoms. The van der Waals surface area contributed by atoms with Crippen molar-refractivity contribution >= 4 is 42.9 Å². The van der Waals surface area contributed by atoms with E-state index in [0.717, 1.165) is 23.1 Å². The number of nitrogens with one attached hydrogen (secondary N) is 1. The van der Waals surface area contributed by atoms with E-state index in [1.54, 1.807) is 13.0 Å². The summed E-state index contributed by atoms with van der Waals surface area (Å²) in [5, 5.41) is 13.9. The number of aliphatic hydroxyl groups is 1. The molecule has 1 amide bonds. The van der Waals surface area contributed by atoms with E-state index in [1.807, 2.05) is 85.8 Å². The third kappa shape index (κ3) is 15.2. The Morgan fingerprint density at radius 3 is 2.31 bits per heavy atom. The summed E-state index contributed by atoms with van der Waals surface area (Å²) in [5.41, 5.74) is 2.68. The predicted molar refractivity (Wildman–Crippen MR) is 193 cm³/mol. The van der Waals surface area contributed by atoms with E-state index < -0.39 is 12.0 Å². The van der Waals surface area contributed by atoms with Gasteiger partial charge < -0.3 is 15.2 Å². The summed E-state index contributed by atoms with van der Waals surface area (Å²) >= 11 is 8.72. The molecule has 0 aliphatic carbocycles. The Morgan fingerprint density at radius 1 is 1.07 bits per heavy atom. The predicted octanol–water partition coefficient (Wildman–Crippen LogP) is 7.64. The van der Waals surface area contributed by atoms with Gasteiger partial charge in [0, 0.05) is 41.9 Å². The zero-order valence-electron chi connectivity index (χ0n) is 28.9. The zero-order chi connectivity index (χ0) is 34.5. The van der Waals surface area contributed by atoms with Gasteiger partial charge in [0.25, 0.3) is 0 Å². The number of amides is 1. The molecule has 0 saturated carbocycles. The van der Waals surface area contributed by atoms with Crippen LogP contribution in [0.2, 0.25) is 0 Å². The average molecular weight is 660 g/mol. The minimum absolute atomic E-state index is 0.0102. The number of esters is 1. The second kappa shape index (κ2) is 19.4. The van der Waals surface area contributed by atoms with Gasteiger partial charge in [-0.25, -0.2) is 4.79 Å². The fourth-order valence-corrected chi connectivity index (χ4v) is 5.28. The van der Waals surface area contributed by atoms with Crippen molar-refractivity contribution in [1.82, 2.24) is 5.32 Å². The minimum Gasteiger partial charge on any atom is -0.454 e. The average Bonchev–Trinajstić information content (AvgIpc) is 2.95. The number of Topliss-reactive ketones (excluding diaryl/α,β-unsaturated/α-hetero) is 1. The lowest BCUT2D eigenvalue weighted by molar-refractivity contribution is -0.143. The first-order chi connectivity index (χ1) is 20.8. The quantitative estimate of drug-likeness (QED) is 0.0424. The molecule has 45 heavy (non-hydrogen) atoms. The second-order valence-corrected chi connectivity index (χ2v) is 15.1. The lowest BCUT2D eigenvalue weighted by atomic mass is 9.83. The Morgan fingerprint density at radius 2 is 1.69 bits per heavy atom. The molecule has 0 saturated heterocycles. The van der Waals surface area contributed by atoms with Crippen LogP contribution in [-0.2, 0) is 19.1 Å². The normalized spacial score (nSPS) is 22.0. The molecule has 0 aromatic carbocycles. The van der Waals surface area contributed by atoms with Crippen molar-refractivity contribution in [3.05, 3.63) is 71.4 Å². The number of hydrogen-bond donors (Lipinski definition) is 4. The Balaban J connectivity index is 2.63. The zero-order valence-corrected chi connectivity index (χ0v) is 30.7. The molecule has 6 nitrogen and oxygen atoms in total. The maximum Gasteiger partial charge on any atom is 0.331 e. The number of aliphatic hydroxyl groups excluding tert-OH is 1. The topological polar surface area (TPSA) is 92.7 Å². The van der Waals surface area contributed by atoms with Gasteiger partial charge in [0.05, 0.1) is 10.7 Å². The molecule has 252 valence electrons. The lowest BCUT2D eigenvalue weighted by Gasteiger charge is -2.27. The Hall–Kier alpha value is -2.29. The SMILES string of the molecule is CC(=C/C(C)C/C=C/C(C)=C/C(C)C(=O)C(C)C(O)C(C)C/C(C)=C/C(=O)NCC(C)(C)C(S)S)/C=C/[C@@H]1OC(=O)C=C[C@@H]1C. The van der Waals surface area contributed by atoms with Crippen molar-refractivity contribution < 1.29 is 24.2 Å². The van der Waals surface area contributed by atoms with Gasteiger partial charge in [-0.05, 0) is 51.5 Å². The number of allylic oxidation sites excluding steroid dienone is 8. The summed E-state index contributed by atoms with van der Waals surface area (Å²) in [6.07, 6.45) is 17.4. The molecule has 2 N–H and O–H groups in total. The number of thiol groups is 2. The molecule has 1 aliphatic heterocycles. The molecular formula is C37H57NO5S2. The highest BCUT2D eigenvalue weighted by Gasteiger charge is 2.29. The van der Waals surface area contributed by atoms with Gasteiger partial charge in [-0.1, -0.05) is 102 Å². The van der Waals surface area contributed by atoms with Crippen molar-refractivity contribution in [3.8, 4) is 0 Å². The van der Waals surface area contributed by atoms with E-state index in [0.29, 0.717) is 18.9 Å². The van der Waals surface area contributed by atoms with Gasteiger partial charge >= 0.3 is 5.97 Å². The van der Waals surface area contributed by atoms with Crippen molar-refractivity contribution in [2.24, 2.45) is 35.0 Å². The van der Waals surface area contributed by atoms with E-state index >= 15 is 0 Å². The van der Waals surface area contributed by atoms with Crippen LogP contribution in [0.1, 0.15) is 82.1 Å². The number of ketones is 1. The summed E-state index contributed by atoms with van der Waals surface area (Å²) in [7, 11) is 0. The molecule has 0 aromatic heterocycles. The Labute approximate surface area is 283 Å². The number of carbonyl (C=O) groups excluding carboxylic acids is 3. The molecule has 1 heterocycles. The van der Waals surface area contributed by atoms with Gasteiger partial charge in [-0.3, -0.25) is 9.59 Å². The first-order valence-electron chi connectivity index (χ1n) is 16.0. The van der Waals surface area contributed by atoms with Crippen LogP contribution in [0.15, 0.2) is 71.4 Å². The summed E-state index contributed by atoms with van der Waals surface area (Å²) in [6, 6.07) is 0. The van der Waals surface area contributed by atoms with Crippen LogP contribution in [0, 0.1) is 35.0 Å². The molecule has 0 bridgehead atoms.